The predicted molar refractivity (Wildman–Crippen MR) is 546 cm³/mol. The summed E-state index contributed by atoms with van der Waals surface area (Å²) in [6.07, 6.45) is 14.9. The highest BCUT2D eigenvalue weighted by Gasteiger charge is 2.33. The van der Waals surface area contributed by atoms with Gasteiger partial charge >= 0.3 is 0 Å². The predicted octanol–water partition coefficient (Wildman–Crippen LogP) is 20.8. The molecule has 12 nitrogen and oxygen atoms in total. The summed E-state index contributed by atoms with van der Waals surface area (Å²) in [5.74, 6) is 40.7. The number of likely N-dealkylation sites (tertiary alicyclic amines) is 1. The number of Topliss-reactive ketones (excluding diaryl/α,β-unsaturated/α-hetero) is 1. The van der Waals surface area contributed by atoms with Gasteiger partial charge in [0.05, 0.1) is 0 Å². The van der Waals surface area contributed by atoms with Crippen LogP contribution in [-0.4, -0.2) is 144 Å². The summed E-state index contributed by atoms with van der Waals surface area (Å²) in [6.45, 7) is 10.8. The van der Waals surface area contributed by atoms with E-state index in [4.69, 9.17) is 0 Å². The van der Waals surface area contributed by atoms with E-state index < -0.39 is 0 Å². The lowest BCUT2D eigenvalue weighted by atomic mass is 9.84. The number of hydrogen-bond donors (Lipinski definition) is 0. The quantitative estimate of drug-likeness (QED) is 0.132. The van der Waals surface area contributed by atoms with Crippen LogP contribution in [0.5, 0.6) is 0 Å². The minimum atomic E-state index is 0.105. The molecule has 6 heterocycles. The van der Waals surface area contributed by atoms with E-state index in [0.29, 0.717) is 13.0 Å². The molecule has 13 aromatic carbocycles. The smallest absolute Gasteiger partial charge is 0.254 e. The summed E-state index contributed by atoms with van der Waals surface area (Å²) in [7, 11) is 1.84. The molecule has 0 N–H and O–H groups in total. The van der Waals surface area contributed by atoms with E-state index in [-0.39, 0.29) is 35.3 Å². The van der Waals surface area contributed by atoms with E-state index in [0.717, 1.165) is 255 Å². The highest BCUT2D eigenvalue weighted by atomic mass is 16.2. The minimum absolute atomic E-state index is 0.105. The monoisotopic (exact) mass is 1790 g/mol. The largest absolute Gasteiger partial charge is 0.341 e. The SMILES string of the molecule is CN1CCc2cc(C#Cc3ccccc3)ccc2C1=O.O=C1CCCc2cc(C#Cc3ccccc3)ccc21.O=C1c2ccc(C#Cc3ccccc3)cc2CCN1CC1CC1.O=C1c2ccc(C#Cc3ccccc3)cc2CCN1CC1CCC1.O=C1c2ccc(C#Cc3ccccc3)cc2CCN1CCN1CCC1.O=C1c2ccc(C#Cc3ccccc3)cc2CCN1Cc1ccccc1. The Kier molecular flexibility index (Phi) is 31.4. The number of fused-ring (bicyclic) bond motifs is 6. The van der Waals surface area contributed by atoms with E-state index in [1.165, 1.54) is 51.6 Å². The number of ketones is 1. The molecule has 3 aliphatic carbocycles. The maximum Gasteiger partial charge on any atom is 0.254 e. The molecule has 13 aromatic rings. The summed E-state index contributed by atoms with van der Waals surface area (Å²) in [5.41, 5.74) is 24.9. The van der Waals surface area contributed by atoms with Gasteiger partial charge in [0.25, 0.3) is 29.5 Å². The fraction of sp³-hybridized carbons (Fsp3) is 0.232. The maximum absolute atomic E-state index is 12.8. The summed E-state index contributed by atoms with van der Waals surface area (Å²) in [6, 6.07) is 106. The number of rotatable bonds is 9. The fourth-order valence-electron chi connectivity index (χ4n) is 17.8. The van der Waals surface area contributed by atoms with Gasteiger partial charge in [0.2, 0.25) is 0 Å². The molecule has 0 spiro atoms. The Morgan fingerprint density at radius 3 is 0.832 bits per heavy atom. The third-order valence-corrected chi connectivity index (χ3v) is 26.2. The molecule has 137 heavy (non-hydrogen) atoms. The number of nitrogens with zero attached hydrogens (tertiary/aromatic N) is 6. The molecule has 0 atom stereocenters. The number of carbonyl (C=O) groups is 6. The topological polar surface area (TPSA) is 122 Å². The van der Waals surface area contributed by atoms with Crippen molar-refractivity contribution in [2.45, 2.75) is 96.4 Å². The van der Waals surface area contributed by atoms with Crippen molar-refractivity contribution in [1.29, 1.82) is 0 Å². The summed E-state index contributed by atoms with van der Waals surface area (Å²) in [5, 5.41) is 0. The second kappa shape index (κ2) is 46.2. The first kappa shape index (κ1) is 93.0. The Morgan fingerprint density at radius 1 is 0.234 bits per heavy atom. The van der Waals surface area contributed by atoms with Crippen LogP contribution in [0.3, 0.4) is 0 Å². The Morgan fingerprint density at radius 2 is 0.511 bits per heavy atom. The Bertz CT molecular complexity index is 6960. The van der Waals surface area contributed by atoms with Gasteiger partial charge in [0, 0.05) is 179 Å². The molecular weight excluding hydrogens is 1680 g/mol. The average Bonchev–Trinajstić information content (AvgIpc) is 1.75. The van der Waals surface area contributed by atoms with Crippen LogP contribution in [0.1, 0.15) is 219 Å². The molecule has 0 aromatic heterocycles. The highest BCUT2D eigenvalue weighted by Crippen LogP contribution is 2.34. The lowest BCUT2D eigenvalue weighted by Gasteiger charge is -2.35. The van der Waals surface area contributed by atoms with Crippen LogP contribution < -0.4 is 0 Å². The number of amides is 5. The molecule has 0 bridgehead atoms. The van der Waals surface area contributed by atoms with Crippen LogP contribution in [0.25, 0.3) is 0 Å². The maximum atomic E-state index is 12.8. The van der Waals surface area contributed by atoms with Crippen molar-refractivity contribution in [2.75, 3.05) is 79.0 Å². The van der Waals surface area contributed by atoms with Crippen molar-refractivity contribution in [1.82, 2.24) is 29.4 Å². The molecule has 0 unspecified atom stereocenters. The van der Waals surface area contributed by atoms with Gasteiger partial charge in [0.15, 0.2) is 5.78 Å². The first-order chi connectivity index (χ1) is 67.2. The first-order valence-corrected chi connectivity index (χ1v) is 48.2. The molecule has 9 aliphatic rings. The van der Waals surface area contributed by atoms with E-state index in [2.05, 4.69) is 118 Å². The van der Waals surface area contributed by atoms with Crippen LogP contribution in [0, 0.1) is 82.9 Å². The summed E-state index contributed by atoms with van der Waals surface area (Å²) >= 11 is 0. The Hall–Kier alpha value is -15.8. The standard InChI is InChI=1S/C24H19NO.C22H22N2O.C22H21NO.C21H19NO.C18H15NO.C18H14O/c26-24-23-14-13-20(12-11-19-7-3-1-4-8-19)17-22(23)15-16-25(24)18-21-9-5-2-6-10-21;25-22-21-10-9-19(8-7-18-5-2-1-3-6-18)17-20(21)11-14-24(22)16-15-23-12-4-13-23;24-22-21-12-11-18(10-9-17-5-2-1-3-6-17)15-20(21)13-14-23(22)16-19-7-4-8-19;23-21-20-11-10-17(7-6-16-4-2-1-3-5-16)14-19(20)12-13-22(21)15-18-8-9-18;1-19-12-11-16-13-15(9-10-17(16)18(19)20)8-7-14-5-3-2-4-6-14;19-18-8-4-7-16-13-15(11-12-17(16)18)10-9-14-5-2-1-3-6-14/h1-10,13-14,17H,15-16,18H2;1-3,5-6,9-10,17H,4,11-16H2;1-3,5-6,11-12,15,19H,4,7-8,13-14,16H2;1-5,10-11,14,18H,8-9,12-13,15H2;2-6,9-10,13H,11-12H2,1H3;1-3,5-6,11-13H,4,7-8H2. The van der Waals surface area contributed by atoms with Crippen molar-refractivity contribution in [2.24, 2.45) is 11.8 Å². The fourth-order valence-corrected chi connectivity index (χ4v) is 17.8. The minimum Gasteiger partial charge on any atom is -0.341 e. The second-order valence-electron chi connectivity index (χ2n) is 36.1. The number of likely N-dealkylation sites (N-methyl/N-ethyl adjacent to an activating group) is 1. The summed E-state index contributed by atoms with van der Waals surface area (Å²) in [4.78, 5) is 86.6. The summed E-state index contributed by atoms with van der Waals surface area (Å²) < 4.78 is 0. The zero-order chi connectivity index (χ0) is 93.9. The molecule has 22 rings (SSSR count). The Balaban J connectivity index is 0.000000114. The molecule has 3 fully saturated rings. The van der Waals surface area contributed by atoms with Gasteiger partial charge in [-0.1, -0.05) is 217 Å². The van der Waals surface area contributed by atoms with Gasteiger partial charge in [0.1, 0.15) is 0 Å². The second-order valence-corrected chi connectivity index (χ2v) is 36.1. The highest BCUT2D eigenvalue weighted by molar-refractivity contribution is 6.01. The van der Waals surface area contributed by atoms with Crippen molar-refractivity contribution < 1.29 is 28.8 Å². The van der Waals surface area contributed by atoms with Gasteiger partial charge in [-0.3, -0.25) is 28.8 Å². The number of hydrogen-bond acceptors (Lipinski definition) is 7. The van der Waals surface area contributed by atoms with Crippen LogP contribution in [0.2, 0.25) is 0 Å². The number of aryl methyl sites for hydroxylation is 1. The van der Waals surface area contributed by atoms with E-state index in [9.17, 15) is 28.8 Å². The first-order valence-electron chi connectivity index (χ1n) is 48.2. The number of carbonyl (C=O) groups excluding carboxylic acids is 6. The van der Waals surface area contributed by atoms with Crippen molar-refractivity contribution >= 4 is 35.3 Å². The molecule has 676 valence electrons. The van der Waals surface area contributed by atoms with Gasteiger partial charge in [-0.15, -0.1) is 0 Å². The van der Waals surface area contributed by atoms with Gasteiger partial charge < -0.3 is 29.4 Å². The molecule has 0 radical (unpaired) electrons. The Labute approximate surface area is 807 Å². The lowest BCUT2D eigenvalue weighted by molar-refractivity contribution is 0.0675. The molecule has 2 saturated carbocycles. The van der Waals surface area contributed by atoms with Crippen LogP contribution >= 0.6 is 0 Å². The molecular formula is C125H110N6O6. The normalized spacial score (nSPS) is 15.0. The third-order valence-electron chi connectivity index (χ3n) is 26.2. The average molecular weight is 1790 g/mol. The lowest BCUT2D eigenvalue weighted by Crippen LogP contribution is -2.46. The number of benzene rings is 13. The zero-order valence-corrected chi connectivity index (χ0v) is 77.8. The van der Waals surface area contributed by atoms with Crippen molar-refractivity contribution in [3.05, 3.63) is 461 Å². The zero-order valence-electron chi connectivity index (χ0n) is 77.8. The van der Waals surface area contributed by atoms with Gasteiger partial charge in [-0.2, -0.15) is 0 Å². The van der Waals surface area contributed by atoms with E-state index in [1.807, 2.05) is 306 Å². The van der Waals surface area contributed by atoms with E-state index in [1.54, 1.807) is 4.90 Å². The van der Waals surface area contributed by atoms with Crippen LogP contribution in [0.15, 0.2) is 322 Å². The van der Waals surface area contributed by atoms with E-state index >= 15 is 0 Å². The molecule has 12 heteroatoms. The van der Waals surface area contributed by atoms with Crippen LogP contribution in [-0.2, 0) is 45.1 Å². The van der Waals surface area contributed by atoms with Crippen molar-refractivity contribution in [3.63, 3.8) is 0 Å². The third kappa shape index (κ3) is 25.8. The molecule has 5 amide bonds. The van der Waals surface area contributed by atoms with Gasteiger partial charge in [-0.05, 0) is 323 Å². The molecule has 6 aliphatic heterocycles. The van der Waals surface area contributed by atoms with Crippen LogP contribution in [0.4, 0.5) is 0 Å². The van der Waals surface area contributed by atoms with Gasteiger partial charge in [-0.25, -0.2) is 0 Å². The van der Waals surface area contributed by atoms with Crippen molar-refractivity contribution in [3.8, 4) is 71.0 Å². The molecule has 1 saturated heterocycles.